The number of rotatable bonds is 9. The highest BCUT2D eigenvalue weighted by Crippen LogP contribution is 2.35. The molecule has 0 amide bonds. The van der Waals surface area contributed by atoms with Crippen LogP contribution in [0.1, 0.15) is 50.7 Å². The first-order valence-electron chi connectivity index (χ1n) is 10.6. The second-order valence-corrected chi connectivity index (χ2v) is 8.17. The van der Waals surface area contributed by atoms with Gasteiger partial charge in [0.15, 0.2) is 11.6 Å². The molecule has 3 aromatic rings. The Morgan fingerprint density at radius 2 is 1.68 bits per heavy atom. The summed E-state index contributed by atoms with van der Waals surface area (Å²) in [6, 6.07) is 24.3. The van der Waals surface area contributed by atoms with Gasteiger partial charge >= 0.3 is 0 Å². The fourth-order valence-corrected chi connectivity index (χ4v) is 3.55. The first-order valence-corrected chi connectivity index (χ1v) is 10.6. The molecule has 0 aliphatic rings. The lowest BCUT2D eigenvalue weighted by Gasteiger charge is -2.26. The van der Waals surface area contributed by atoms with Crippen molar-refractivity contribution in [1.82, 2.24) is 0 Å². The maximum absolute atomic E-state index is 14.3. The van der Waals surface area contributed by atoms with Crippen LogP contribution in [0, 0.1) is 17.1 Å². The Kier molecular flexibility index (Phi) is 7.31. The molecule has 3 nitrogen and oxygen atoms in total. The topological polar surface area (TPSA) is 42.2 Å². The normalized spacial score (nSPS) is 12.1. The van der Waals surface area contributed by atoms with E-state index in [1.165, 1.54) is 11.6 Å². The Morgan fingerprint density at radius 3 is 2.32 bits per heavy atom. The van der Waals surface area contributed by atoms with Crippen molar-refractivity contribution in [3.05, 3.63) is 89.7 Å². The lowest BCUT2D eigenvalue weighted by Crippen LogP contribution is -2.18. The summed E-state index contributed by atoms with van der Waals surface area (Å²) in [6.07, 6.45) is 1.47. The third-order valence-corrected chi connectivity index (χ3v) is 5.49. The average Bonchev–Trinajstić information content (AvgIpc) is 2.77. The van der Waals surface area contributed by atoms with Gasteiger partial charge < -0.3 is 9.47 Å². The second kappa shape index (κ2) is 10.1. The molecule has 4 heteroatoms. The van der Waals surface area contributed by atoms with Crippen LogP contribution in [0.4, 0.5) is 4.39 Å². The summed E-state index contributed by atoms with van der Waals surface area (Å²) in [7, 11) is 0. The largest absolute Gasteiger partial charge is 0.494 e. The molecule has 160 valence electrons. The predicted octanol–water partition coefficient (Wildman–Crippen LogP) is 7.38. The minimum absolute atomic E-state index is 0.108. The Labute approximate surface area is 184 Å². The molecule has 0 aliphatic carbocycles. The van der Waals surface area contributed by atoms with E-state index in [2.05, 4.69) is 32.0 Å². The van der Waals surface area contributed by atoms with Gasteiger partial charge in [0.2, 0.25) is 0 Å². The maximum Gasteiger partial charge on any atom is 0.165 e. The number of hydrogen-bond acceptors (Lipinski definition) is 3. The van der Waals surface area contributed by atoms with Gasteiger partial charge in [-0.25, -0.2) is 4.39 Å². The van der Waals surface area contributed by atoms with Crippen molar-refractivity contribution in [2.45, 2.75) is 44.9 Å². The van der Waals surface area contributed by atoms with Crippen LogP contribution in [0.3, 0.4) is 0 Å². The van der Waals surface area contributed by atoms with Crippen LogP contribution in [-0.2, 0) is 5.41 Å². The number of nitriles is 1. The lowest BCUT2D eigenvalue weighted by molar-refractivity contribution is 0.339. The van der Waals surface area contributed by atoms with Gasteiger partial charge in [-0.2, -0.15) is 5.26 Å². The fourth-order valence-electron chi connectivity index (χ4n) is 3.55. The summed E-state index contributed by atoms with van der Waals surface area (Å²) in [4.78, 5) is 0. The molecule has 1 atom stereocenters. The zero-order valence-electron chi connectivity index (χ0n) is 18.3. The van der Waals surface area contributed by atoms with E-state index < -0.39 is 5.82 Å². The van der Waals surface area contributed by atoms with E-state index >= 15 is 0 Å². The quantitative estimate of drug-likeness (QED) is 0.365. The summed E-state index contributed by atoms with van der Waals surface area (Å²) in [6.45, 7) is 6.95. The molecular formula is C27H28FNO2. The van der Waals surface area contributed by atoms with E-state index in [9.17, 15) is 9.65 Å². The zero-order chi connectivity index (χ0) is 22.3. The Balaban J connectivity index is 1.72. The molecule has 0 saturated heterocycles. The van der Waals surface area contributed by atoms with E-state index in [-0.39, 0.29) is 17.1 Å². The molecule has 0 N–H and O–H groups in total. The molecule has 3 rings (SSSR count). The smallest absolute Gasteiger partial charge is 0.165 e. The molecule has 0 heterocycles. The van der Waals surface area contributed by atoms with E-state index in [1.807, 2.05) is 37.3 Å². The molecule has 0 saturated carbocycles. The molecule has 0 aromatic heterocycles. The minimum Gasteiger partial charge on any atom is -0.494 e. The van der Waals surface area contributed by atoms with Crippen LogP contribution in [0.2, 0.25) is 0 Å². The van der Waals surface area contributed by atoms with Crippen LogP contribution >= 0.6 is 0 Å². The van der Waals surface area contributed by atoms with E-state index in [0.29, 0.717) is 18.8 Å². The third kappa shape index (κ3) is 5.86. The highest BCUT2D eigenvalue weighted by atomic mass is 19.1. The predicted molar refractivity (Wildman–Crippen MR) is 121 cm³/mol. The number of para-hydroxylation sites is 1. The highest BCUT2D eigenvalue weighted by molar-refractivity contribution is 5.38. The van der Waals surface area contributed by atoms with Crippen molar-refractivity contribution in [3.8, 4) is 23.3 Å². The van der Waals surface area contributed by atoms with Gasteiger partial charge in [-0.15, -0.1) is 0 Å². The van der Waals surface area contributed by atoms with Crippen LogP contribution in [0.5, 0.6) is 17.2 Å². The van der Waals surface area contributed by atoms with Crippen molar-refractivity contribution in [3.63, 3.8) is 0 Å². The Bertz CT molecular complexity index is 1020. The van der Waals surface area contributed by atoms with E-state index in [0.717, 1.165) is 17.7 Å². The van der Waals surface area contributed by atoms with Crippen LogP contribution in [-0.4, -0.2) is 6.61 Å². The van der Waals surface area contributed by atoms with Crippen molar-refractivity contribution in [2.75, 3.05) is 6.61 Å². The molecule has 0 aliphatic heterocycles. The number of benzene rings is 3. The monoisotopic (exact) mass is 417 g/mol. The summed E-state index contributed by atoms with van der Waals surface area (Å²) in [5.74, 6) is 0.757. The minimum atomic E-state index is -0.445. The van der Waals surface area contributed by atoms with E-state index in [1.54, 1.807) is 24.3 Å². The van der Waals surface area contributed by atoms with Crippen molar-refractivity contribution < 1.29 is 13.9 Å². The summed E-state index contributed by atoms with van der Waals surface area (Å²) in [5.41, 5.74) is 1.85. The second-order valence-electron chi connectivity index (χ2n) is 8.17. The van der Waals surface area contributed by atoms with E-state index in [4.69, 9.17) is 9.47 Å². The molecule has 0 fully saturated rings. The lowest BCUT2D eigenvalue weighted by atomic mass is 9.78. The van der Waals surface area contributed by atoms with Gasteiger partial charge in [0, 0.05) is 0 Å². The maximum atomic E-state index is 14.3. The van der Waals surface area contributed by atoms with Gasteiger partial charge in [0.1, 0.15) is 11.5 Å². The first kappa shape index (κ1) is 22.4. The van der Waals surface area contributed by atoms with Crippen LogP contribution in [0.25, 0.3) is 0 Å². The molecule has 0 bridgehead atoms. The average molecular weight is 418 g/mol. The van der Waals surface area contributed by atoms with Gasteiger partial charge in [-0.1, -0.05) is 50.2 Å². The van der Waals surface area contributed by atoms with Crippen LogP contribution < -0.4 is 9.47 Å². The van der Waals surface area contributed by atoms with Crippen molar-refractivity contribution >= 4 is 0 Å². The fraction of sp³-hybridized carbons (Fsp3) is 0.296. The number of ether oxygens (including phenoxy) is 2. The summed E-state index contributed by atoms with van der Waals surface area (Å²) >= 11 is 0. The zero-order valence-corrected chi connectivity index (χ0v) is 18.3. The van der Waals surface area contributed by atoms with Crippen molar-refractivity contribution in [1.29, 1.82) is 5.26 Å². The third-order valence-electron chi connectivity index (χ3n) is 5.49. The highest BCUT2D eigenvalue weighted by Gasteiger charge is 2.24. The molecule has 0 radical (unpaired) electrons. The van der Waals surface area contributed by atoms with Gasteiger partial charge in [0.05, 0.1) is 18.6 Å². The van der Waals surface area contributed by atoms with Gasteiger partial charge in [0.25, 0.3) is 0 Å². The molecule has 31 heavy (non-hydrogen) atoms. The molecule has 0 spiro atoms. The van der Waals surface area contributed by atoms with Gasteiger partial charge in [-0.3, -0.25) is 0 Å². The standard InChI is InChI=1S/C27H28FNO2/c1-4-30-23-13-11-22(12-14-23)27(2,3)17-16-21(19-29)20-10-15-25(28)26(18-20)31-24-8-6-5-7-9-24/h5-15,18,21H,4,16-17H2,1-3H3. The molecule has 3 aromatic carbocycles. The summed E-state index contributed by atoms with van der Waals surface area (Å²) < 4.78 is 25.5. The molecule has 1 unspecified atom stereocenters. The molecular weight excluding hydrogens is 389 g/mol. The van der Waals surface area contributed by atoms with Crippen LogP contribution in [0.15, 0.2) is 72.8 Å². The Morgan fingerprint density at radius 1 is 0.968 bits per heavy atom. The number of hydrogen-bond donors (Lipinski definition) is 0. The number of halogens is 1. The number of nitrogens with zero attached hydrogens (tertiary/aromatic N) is 1. The van der Waals surface area contributed by atoms with Crippen molar-refractivity contribution in [2.24, 2.45) is 0 Å². The SMILES string of the molecule is CCOc1ccc(C(C)(C)CCC(C#N)c2ccc(F)c(Oc3ccccc3)c2)cc1. The summed E-state index contributed by atoms with van der Waals surface area (Å²) in [5, 5.41) is 9.79. The van der Waals surface area contributed by atoms with Gasteiger partial charge in [-0.05, 0) is 72.7 Å². The first-order chi connectivity index (χ1) is 14.9. The Hall–Kier alpha value is -3.32.